The highest BCUT2D eigenvalue weighted by Crippen LogP contribution is 2.64. The summed E-state index contributed by atoms with van der Waals surface area (Å²) in [7, 11) is 0. The first-order valence-corrected chi connectivity index (χ1v) is 16.8. The summed E-state index contributed by atoms with van der Waals surface area (Å²) in [6.45, 7) is 3.87. The summed E-state index contributed by atoms with van der Waals surface area (Å²) in [5.41, 5.74) is 2.79. The number of hydrogen-bond donors (Lipinski definition) is 1. The Bertz CT molecular complexity index is 2080. The van der Waals surface area contributed by atoms with Crippen LogP contribution < -0.4 is 4.90 Å². The first-order valence-electron chi connectivity index (χ1n) is 16.8. The van der Waals surface area contributed by atoms with Crippen molar-refractivity contribution in [3.63, 3.8) is 0 Å². The Hall–Kier alpha value is -5.62. The Morgan fingerprint density at radius 2 is 1.47 bits per heavy atom. The maximum absolute atomic E-state index is 15.2. The fourth-order valence-electron chi connectivity index (χ4n) is 9.21. The van der Waals surface area contributed by atoms with E-state index in [9.17, 15) is 14.7 Å². The number of nitrogens with zero attached hydrogens (tertiary/aromatic N) is 1. The van der Waals surface area contributed by atoms with Crippen molar-refractivity contribution in [3.8, 4) is 5.75 Å². The van der Waals surface area contributed by atoms with E-state index >= 15 is 9.59 Å². The number of phenolic OH excluding ortho intramolecular Hbond substituents is 1. The van der Waals surface area contributed by atoms with Crippen molar-refractivity contribution in [2.24, 2.45) is 23.7 Å². The van der Waals surface area contributed by atoms with Crippen LogP contribution >= 0.6 is 0 Å². The lowest BCUT2D eigenvalue weighted by Crippen LogP contribution is -2.58. The van der Waals surface area contributed by atoms with Gasteiger partial charge in [0, 0.05) is 23.0 Å². The molecule has 49 heavy (non-hydrogen) atoms. The molecule has 4 aromatic carbocycles. The van der Waals surface area contributed by atoms with Gasteiger partial charge in [-0.2, -0.15) is 0 Å². The highest BCUT2D eigenvalue weighted by molar-refractivity contribution is 6.32. The van der Waals surface area contributed by atoms with Crippen LogP contribution in [0.2, 0.25) is 0 Å². The van der Waals surface area contributed by atoms with Gasteiger partial charge in [-0.05, 0) is 60.1 Å². The van der Waals surface area contributed by atoms with Gasteiger partial charge in [-0.3, -0.25) is 24.1 Å². The number of imide groups is 1. The topological polar surface area (TPSA) is 91.8 Å². The van der Waals surface area contributed by atoms with Gasteiger partial charge < -0.3 is 5.11 Å². The van der Waals surface area contributed by atoms with E-state index in [2.05, 4.69) is 6.58 Å². The van der Waals surface area contributed by atoms with Gasteiger partial charge in [0.25, 0.3) is 0 Å². The zero-order chi connectivity index (χ0) is 33.9. The first-order chi connectivity index (χ1) is 23.9. The SMILES string of the molecule is C=CCc1cccc(C2C3=CCC4C(=O)N(c5ccccc5)C(=O)C4C3CC3C(=O)C(c4ccccc4)=CC(=O)C32c2ccccc2)c1O. The summed E-state index contributed by atoms with van der Waals surface area (Å²) >= 11 is 0. The molecule has 6 heteroatoms. The standard InChI is InChI=1S/C43H35NO5/c1-2-13-27-16-12-21-32(39(27)46)38-30-22-23-31-37(42(49)44(41(31)48)29-19-10-5-11-20-29)34(30)24-35-40(47)33(26-14-6-3-7-15-26)25-36(45)43(35,38)28-17-8-4-9-18-28/h2-12,14-22,25,31,34-35,37-38,46H,1,13,23-24H2. The van der Waals surface area contributed by atoms with E-state index in [1.54, 1.807) is 30.3 Å². The smallest absolute Gasteiger partial charge is 0.238 e. The summed E-state index contributed by atoms with van der Waals surface area (Å²) in [5, 5.41) is 12.0. The van der Waals surface area contributed by atoms with E-state index in [1.165, 1.54) is 11.0 Å². The molecule has 0 aromatic heterocycles. The molecular weight excluding hydrogens is 610 g/mol. The quantitative estimate of drug-likeness (QED) is 0.178. The van der Waals surface area contributed by atoms with E-state index < -0.39 is 35.0 Å². The Kier molecular flexibility index (Phi) is 7.40. The van der Waals surface area contributed by atoms with E-state index in [4.69, 9.17) is 0 Å². The van der Waals surface area contributed by atoms with Crippen LogP contribution in [0, 0.1) is 23.7 Å². The lowest BCUT2D eigenvalue weighted by Gasteiger charge is -2.55. The number of fused-ring (bicyclic) bond motifs is 4. The number of allylic oxidation sites excluding steroid dienone is 5. The number of aromatic hydroxyl groups is 1. The number of phenols is 1. The van der Waals surface area contributed by atoms with Crippen LogP contribution in [0.4, 0.5) is 5.69 Å². The van der Waals surface area contributed by atoms with Crippen LogP contribution in [0.1, 0.15) is 41.0 Å². The molecule has 2 fully saturated rings. The van der Waals surface area contributed by atoms with E-state index in [1.807, 2.05) is 91.0 Å². The molecule has 6 unspecified atom stereocenters. The van der Waals surface area contributed by atoms with Gasteiger partial charge in [-0.1, -0.05) is 115 Å². The number of anilines is 1. The molecule has 6 atom stereocenters. The van der Waals surface area contributed by atoms with Crippen molar-refractivity contribution < 1.29 is 24.3 Å². The Morgan fingerprint density at radius 3 is 2.16 bits per heavy atom. The number of Topliss-reactive ketones (excluding diaryl/α,β-unsaturated/α-hetero) is 1. The van der Waals surface area contributed by atoms with Crippen molar-refractivity contribution >= 4 is 34.6 Å². The molecule has 1 saturated carbocycles. The molecule has 242 valence electrons. The predicted molar refractivity (Wildman–Crippen MR) is 188 cm³/mol. The number of ketones is 2. The van der Waals surface area contributed by atoms with Crippen LogP contribution in [0.5, 0.6) is 5.75 Å². The summed E-state index contributed by atoms with van der Waals surface area (Å²) in [6, 6.07) is 33.1. The number of carbonyl (C=O) groups excluding carboxylic acids is 4. The zero-order valence-electron chi connectivity index (χ0n) is 26.9. The largest absolute Gasteiger partial charge is 0.507 e. The van der Waals surface area contributed by atoms with Crippen LogP contribution in [0.15, 0.2) is 140 Å². The van der Waals surface area contributed by atoms with Crippen molar-refractivity contribution in [1.82, 2.24) is 0 Å². The molecule has 1 heterocycles. The highest BCUT2D eigenvalue weighted by atomic mass is 16.3. The molecule has 6 nitrogen and oxygen atoms in total. The molecule has 1 N–H and O–H groups in total. The molecule has 2 amide bonds. The molecule has 3 aliphatic carbocycles. The number of benzene rings is 4. The second-order valence-electron chi connectivity index (χ2n) is 13.5. The van der Waals surface area contributed by atoms with Gasteiger partial charge in [-0.15, -0.1) is 6.58 Å². The van der Waals surface area contributed by atoms with Crippen molar-refractivity contribution in [1.29, 1.82) is 0 Å². The fraction of sp³-hybridized carbons (Fsp3) is 0.209. The lowest BCUT2D eigenvalue weighted by atomic mass is 9.44. The van der Waals surface area contributed by atoms with Gasteiger partial charge in [0.15, 0.2) is 11.6 Å². The van der Waals surface area contributed by atoms with Gasteiger partial charge in [0.05, 0.1) is 22.9 Å². The van der Waals surface area contributed by atoms with Crippen LogP contribution in [0.3, 0.4) is 0 Å². The Labute approximate surface area is 285 Å². The summed E-state index contributed by atoms with van der Waals surface area (Å²) in [6.07, 6.45) is 6.16. The van der Waals surface area contributed by atoms with E-state index in [0.29, 0.717) is 46.4 Å². The minimum atomic E-state index is -1.40. The van der Waals surface area contributed by atoms with Gasteiger partial charge in [-0.25, -0.2) is 0 Å². The number of rotatable bonds is 6. The summed E-state index contributed by atoms with van der Waals surface area (Å²) < 4.78 is 0. The van der Waals surface area contributed by atoms with Crippen LogP contribution in [-0.2, 0) is 31.0 Å². The molecule has 4 aromatic rings. The minimum absolute atomic E-state index is 0.0444. The van der Waals surface area contributed by atoms with Crippen LogP contribution in [0.25, 0.3) is 5.57 Å². The Balaban J connectivity index is 1.39. The third-order valence-corrected chi connectivity index (χ3v) is 11.2. The molecule has 1 saturated heterocycles. The molecular formula is C43H35NO5. The number of para-hydroxylation sites is 2. The predicted octanol–water partition coefficient (Wildman–Crippen LogP) is 7.15. The van der Waals surface area contributed by atoms with Gasteiger partial charge in [0.1, 0.15) is 5.75 Å². The third-order valence-electron chi connectivity index (χ3n) is 11.2. The second-order valence-corrected chi connectivity index (χ2v) is 13.5. The highest BCUT2D eigenvalue weighted by Gasteiger charge is 2.66. The molecule has 0 bridgehead atoms. The number of hydrogen-bond acceptors (Lipinski definition) is 5. The average molecular weight is 646 g/mol. The van der Waals surface area contributed by atoms with E-state index in [-0.39, 0.29) is 35.6 Å². The minimum Gasteiger partial charge on any atom is -0.507 e. The zero-order valence-corrected chi connectivity index (χ0v) is 26.9. The fourth-order valence-corrected chi connectivity index (χ4v) is 9.21. The van der Waals surface area contributed by atoms with Gasteiger partial charge in [0.2, 0.25) is 11.8 Å². The maximum Gasteiger partial charge on any atom is 0.238 e. The van der Waals surface area contributed by atoms with E-state index in [0.717, 1.165) is 5.57 Å². The monoisotopic (exact) mass is 645 g/mol. The molecule has 4 aliphatic rings. The first kappa shape index (κ1) is 30.7. The van der Waals surface area contributed by atoms with Gasteiger partial charge >= 0.3 is 0 Å². The summed E-state index contributed by atoms with van der Waals surface area (Å²) in [4.78, 5) is 59.9. The maximum atomic E-state index is 15.2. The van der Waals surface area contributed by atoms with Crippen molar-refractivity contribution in [2.75, 3.05) is 4.90 Å². The molecule has 8 rings (SSSR count). The molecule has 1 aliphatic heterocycles. The average Bonchev–Trinajstić information content (AvgIpc) is 3.40. The lowest BCUT2D eigenvalue weighted by molar-refractivity contribution is -0.135. The number of carbonyl (C=O) groups is 4. The molecule has 0 spiro atoms. The van der Waals surface area contributed by atoms with Crippen molar-refractivity contribution in [2.45, 2.75) is 30.6 Å². The summed E-state index contributed by atoms with van der Waals surface area (Å²) in [5.74, 6) is -4.36. The Morgan fingerprint density at radius 1 is 0.796 bits per heavy atom. The third kappa shape index (κ3) is 4.47. The normalized spacial score (nSPS) is 27.5. The molecule has 0 radical (unpaired) electrons. The second kappa shape index (κ2) is 11.8. The van der Waals surface area contributed by atoms with Crippen LogP contribution in [-0.4, -0.2) is 28.5 Å². The van der Waals surface area contributed by atoms with Crippen molar-refractivity contribution in [3.05, 3.63) is 162 Å². The number of amides is 2.